The summed E-state index contributed by atoms with van der Waals surface area (Å²) in [7, 11) is 0. The summed E-state index contributed by atoms with van der Waals surface area (Å²) in [5, 5.41) is 0. The van der Waals surface area contributed by atoms with Crippen LogP contribution in [0.1, 0.15) is 25.7 Å². The lowest BCUT2D eigenvalue weighted by molar-refractivity contribution is 0.293. The van der Waals surface area contributed by atoms with Gasteiger partial charge in [-0.3, -0.25) is 0 Å². The molecule has 0 aromatic carbocycles. The van der Waals surface area contributed by atoms with Crippen molar-refractivity contribution in [3.8, 4) is 0 Å². The van der Waals surface area contributed by atoms with Gasteiger partial charge in [-0.2, -0.15) is 0 Å². The maximum absolute atomic E-state index is 6.10. The normalized spacial score (nSPS) is 63.9. The Morgan fingerprint density at radius 3 is 2.50 bits per heavy atom. The Labute approximate surface area is 62.0 Å². The minimum atomic E-state index is 0.601. The van der Waals surface area contributed by atoms with E-state index in [1.54, 1.807) is 0 Å². The lowest BCUT2D eigenvalue weighted by Gasteiger charge is -2.24. The molecular formula is C9H15N. The first-order chi connectivity index (χ1) is 4.86. The highest BCUT2D eigenvalue weighted by molar-refractivity contribution is 5.06. The van der Waals surface area contributed by atoms with Crippen LogP contribution in [0.5, 0.6) is 0 Å². The molecule has 1 heteroatoms. The van der Waals surface area contributed by atoms with Gasteiger partial charge in [0.15, 0.2) is 0 Å². The van der Waals surface area contributed by atoms with Crippen LogP contribution in [0.4, 0.5) is 0 Å². The molecule has 2 bridgehead atoms. The molecule has 0 aromatic heterocycles. The molecule has 56 valence electrons. The average Bonchev–Trinajstić information content (AvgIpc) is 2.43. The summed E-state index contributed by atoms with van der Waals surface area (Å²) in [6.07, 6.45) is 5.91. The lowest BCUT2D eigenvalue weighted by Crippen LogP contribution is -2.34. The van der Waals surface area contributed by atoms with E-state index < -0.39 is 0 Å². The van der Waals surface area contributed by atoms with Gasteiger partial charge in [-0.1, -0.05) is 0 Å². The van der Waals surface area contributed by atoms with Gasteiger partial charge in [0.2, 0.25) is 0 Å². The Morgan fingerprint density at radius 2 is 1.80 bits per heavy atom. The van der Waals surface area contributed by atoms with Crippen molar-refractivity contribution in [1.82, 2.24) is 0 Å². The van der Waals surface area contributed by atoms with Crippen molar-refractivity contribution in [3.63, 3.8) is 0 Å². The second-order valence-electron chi connectivity index (χ2n) is 4.47. The topological polar surface area (TPSA) is 26.0 Å². The van der Waals surface area contributed by atoms with Crippen molar-refractivity contribution in [2.75, 3.05) is 0 Å². The molecule has 2 N–H and O–H groups in total. The third kappa shape index (κ3) is 0.460. The Balaban J connectivity index is 2.00. The lowest BCUT2D eigenvalue weighted by atomic mass is 9.85. The Morgan fingerprint density at radius 1 is 0.900 bits per heavy atom. The predicted octanol–water partition coefficient (Wildman–Crippen LogP) is 1.38. The van der Waals surface area contributed by atoms with E-state index in [-0.39, 0.29) is 0 Å². The highest BCUT2D eigenvalue weighted by Gasteiger charge is 2.54. The summed E-state index contributed by atoms with van der Waals surface area (Å²) in [5.41, 5.74) is 6.10. The number of rotatable bonds is 0. The third-order valence-electron chi connectivity index (χ3n) is 4.25. The standard InChI is InChI=1S/C9H15N/c10-9-6-3-5-1-2-7(9)8(5)4-6/h5-9H,1-4,10H2/t5-,6+,7-,8?,9-/m0/s1. The van der Waals surface area contributed by atoms with Crippen LogP contribution in [0, 0.1) is 23.7 Å². The quantitative estimate of drug-likeness (QED) is 0.536. The van der Waals surface area contributed by atoms with Crippen molar-refractivity contribution in [1.29, 1.82) is 0 Å². The van der Waals surface area contributed by atoms with Gasteiger partial charge in [-0.25, -0.2) is 0 Å². The summed E-state index contributed by atoms with van der Waals surface area (Å²) in [5.74, 6) is 4.06. The van der Waals surface area contributed by atoms with Crippen LogP contribution in [0.2, 0.25) is 0 Å². The summed E-state index contributed by atoms with van der Waals surface area (Å²) >= 11 is 0. The SMILES string of the molecule is N[C@H]1[C@H]2CC3[C@@H](CC[C@@H]31)C2. The van der Waals surface area contributed by atoms with E-state index in [4.69, 9.17) is 5.73 Å². The van der Waals surface area contributed by atoms with Crippen LogP contribution >= 0.6 is 0 Å². The first-order valence-electron chi connectivity index (χ1n) is 4.62. The van der Waals surface area contributed by atoms with Crippen LogP contribution < -0.4 is 5.73 Å². The molecule has 3 rings (SSSR count). The van der Waals surface area contributed by atoms with Gasteiger partial charge in [0.05, 0.1) is 0 Å². The van der Waals surface area contributed by atoms with Crippen LogP contribution in [0.25, 0.3) is 0 Å². The fourth-order valence-electron chi connectivity index (χ4n) is 3.82. The fourth-order valence-corrected chi connectivity index (χ4v) is 3.82. The minimum absolute atomic E-state index is 0.601. The summed E-state index contributed by atoms with van der Waals surface area (Å²) in [6.45, 7) is 0. The second-order valence-corrected chi connectivity index (χ2v) is 4.47. The number of hydrogen-bond acceptors (Lipinski definition) is 1. The maximum Gasteiger partial charge on any atom is 0.00985 e. The first kappa shape index (κ1) is 5.59. The Bertz CT molecular complexity index is 164. The van der Waals surface area contributed by atoms with Crippen molar-refractivity contribution in [3.05, 3.63) is 0 Å². The zero-order chi connectivity index (χ0) is 6.72. The molecule has 5 atom stereocenters. The van der Waals surface area contributed by atoms with Crippen molar-refractivity contribution < 1.29 is 0 Å². The number of nitrogens with two attached hydrogens (primary N) is 1. The molecule has 0 aliphatic heterocycles. The van der Waals surface area contributed by atoms with Gasteiger partial charge < -0.3 is 5.73 Å². The van der Waals surface area contributed by atoms with Crippen LogP contribution in [0.3, 0.4) is 0 Å². The van der Waals surface area contributed by atoms with E-state index in [2.05, 4.69) is 0 Å². The fraction of sp³-hybridized carbons (Fsp3) is 1.00. The van der Waals surface area contributed by atoms with Crippen LogP contribution in [0.15, 0.2) is 0 Å². The number of fused-ring (bicyclic) bond motifs is 1. The molecule has 0 amide bonds. The molecule has 10 heavy (non-hydrogen) atoms. The largest absolute Gasteiger partial charge is 0.327 e. The van der Waals surface area contributed by atoms with Gasteiger partial charge in [-0.15, -0.1) is 0 Å². The third-order valence-corrected chi connectivity index (χ3v) is 4.25. The smallest absolute Gasteiger partial charge is 0.00985 e. The van der Waals surface area contributed by atoms with E-state index in [0.717, 1.165) is 23.7 Å². The highest BCUT2D eigenvalue weighted by Crippen LogP contribution is 2.58. The molecule has 0 heterocycles. The van der Waals surface area contributed by atoms with Crippen LogP contribution in [-0.2, 0) is 0 Å². The van der Waals surface area contributed by atoms with Gasteiger partial charge in [0.25, 0.3) is 0 Å². The van der Waals surface area contributed by atoms with Gasteiger partial charge in [-0.05, 0) is 49.4 Å². The zero-order valence-electron chi connectivity index (χ0n) is 6.29. The van der Waals surface area contributed by atoms with Gasteiger partial charge in [0.1, 0.15) is 0 Å². The molecule has 3 fully saturated rings. The van der Waals surface area contributed by atoms with E-state index in [1.807, 2.05) is 0 Å². The monoisotopic (exact) mass is 137 g/mol. The van der Waals surface area contributed by atoms with Crippen molar-refractivity contribution in [2.24, 2.45) is 29.4 Å². The average molecular weight is 137 g/mol. The van der Waals surface area contributed by atoms with E-state index >= 15 is 0 Å². The molecule has 0 aromatic rings. The van der Waals surface area contributed by atoms with E-state index in [0.29, 0.717) is 6.04 Å². The molecule has 3 aliphatic rings. The van der Waals surface area contributed by atoms with E-state index in [1.165, 1.54) is 25.7 Å². The van der Waals surface area contributed by atoms with Gasteiger partial charge in [0, 0.05) is 6.04 Å². The molecule has 0 radical (unpaired) electrons. The van der Waals surface area contributed by atoms with E-state index in [9.17, 15) is 0 Å². The Kier molecular flexibility index (Phi) is 0.883. The summed E-state index contributed by atoms with van der Waals surface area (Å²) in [6, 6.07) is 0.601. The molecule has 0 spiro atoms. The van der Waals surface area contributed by atoms with Gasteiger partial charge >= 0.3 is 0 Å². The molecule has 1 unspecified atom stereocenters. The maximum atomic E-state index is 6.10. The van der Waals surface area contributed by atoms with Crippen molar-refractivity contribution >= 4 is 0 Å². The first-order valence-corrected chi connectivity index (χ1v) is 4.62. The molecular weight excluding hydrogens is 122 g/mol. The predicted molar refractivity (Wildman–Crippen MR) is 40.4 cm³/mol. The Hall–Kier alpha value is -0.0400. The summed E-state index contributed by atoms with van der Waals surface area (Å²) < 4.78 is 0. The molecule has 1 nitrogen and oxygen atoms in total. The number of hydrogen-bond donors (Lipinski definition) is 1. The zero-order valence-corrected chi connectivity index (χ0v) is 6.29. The molecule has 3 aliphatic carbocycles. The second kappa shape index (κ2) is 1.58. The molecule has 0 saturated heterocycles. The van der Waals surface area contributed by atoms with Crippen LogP contribution in [-0.4, -0.2) is 6.04 Å². The highest BCUT2D eigenvalue weighted by atomic mass is 14.8. The molecule has 3 saturated carbocycles. The summed E-state index contributed by atoms with van der Waals surface area (Å²) in [4.78, 5) is 0. The minimum Gasteiger partial charge on any atom is -0.327 e. The van der Waals surface area contributed by atoms with Crippen molar-refractivity contribution in [2.45, 2.75) is 31.7 Å².